The summed E-state index contributed by atoms with van der Waals surface area (Å²) in [7, 11) is 0. The van der Waals surface area contributed by atoms with E-state index in [1.165, 1.54) is 12.1 Å². The van der Waals surface area contributed by atoms with Gasteiger partial charge in [0.2, 0.25) is 11.5 Å². The molecular weight excluding hydrogens is 634 g/mol. The fraction of sp³-hybridized carbons (Fsp3) is 0.312. The zero-order valence-electron chi connectivity index (χ0n) is 24.5. The van der Waals surface area contributed by atoms with E-state index in [2.05, 4.69) is 15.3 Å². The van der Waals surface area contributed by atoms with Crippen LogP contribution in [0.15, 0.2) is 54.6 Å². The molecule has 246 valence electrons. The molecular formula is C32H26F6N4O5. The molecule has 2 amide bonds. The average molecular weight is 661 g/mol. The van der Waals surface area contributed by atoms with Gasteiger partial charge in [0.1, 0.15) is 35.1 Å². The molecule has 6 rings (SSSR count). The maximum atomic E-state index is 14.8. The number of alkyl halides is 5. The second-order valence-electron chi connectivity index (χ2n) is 11.5. The highest BCUT2D eigenvalue weighted by Gasteiger charge is 2.60. The molecule has 15 heteroatoms. The van der Waals surface area contributed by atoms with Crippen molar-refractivity contribution in [2.24, 2.45) is 5.73 Å². The van der Waals surface area contributed by atoms with Crippen molar-refractivity contribution >= 4 is 22.7 Å². The molecule has 47 heavy (non-hydrogen) atoms. The fourth-order valence-corrected chi connectivity index (χ4v) is 5.31. The molecule has 2 aromatic heterocycles. The Hall–Kier alpha value is -4.92. The van der Waals surface area contributed by atoms with Crippen LogP contribution in [0.3, 0.4) is 0 Å². The SMILES string of the molecule is Cc1ccc2cc(C(=O)NCC(O)(c3cc4c(c(-c5ccc(F)cc5)n3)OC[C@@]4(C(N)=O)C(F)F)C(F)(F)F)cc(OC3CC3)c2n1. The van der Waals surface area contributed by atoms with Gasteiger partial charge in [-0.1, -0.05) is 6.07 Å². The van der Waals surface area contributed by atoms with Crippen LogP contribution < -0.4 is 20.5 Å². The number of amides is 2. The number of nitrogens with one attached hydrogen (secondary N) is 1. The van der Waals surface area contributed by atoms with Crippen LogP contribution in [0.4, 0.5) is 26.3 Å². The summed E-state index contributed by atoms with van der Waals surface area (Å²) in [4.78, 5) is 34.1. The van der Waals surface area contributed by atoms with Gasteiger partial charge in [0, 0.05) is 27.8 Å². The predicted molar refractivity (Wildman–Crippen MR) is 154 cm³/mol. The molecule has 0 spiro atoms. The summed E-state index contributed by atoms with van der Waals surface area (Å²) in [6.45, 7) is -0.794. The number of carbonyl (C=O) groups is 2. The molecule has 0 radical (unpaired) electrons. The number of halogens is 6. The van der Waals surface area contributed by atoms with Gasteiger partial charge in [-0.3, -0.25) is 9.59 Å². The quantitative estimate of drug-likeness (QED) is 0.219. The lowest BCUT2D eigenvalue weighted by Crippen LogP contribution is -2.52. The van der Waals surface area contributed by atoms with E-state index in [9.17, 15) is 41.0 Å². The van der Waals surface area contributed by atoms with Crippen molar-refractivity contribution in [1.29, 1.82) is 0 Å². The zero-order valence-corrected chi connectivity index (χ0v) is 24.5. The largest absolute Gasteiger partial charge is 0.489 e. The number of nitrogens with zero attached hydrogens (tertiary/aromatic N) is 2. The maximum absolute atomic E-state index is 14.8. The molecule has 2 aromatic carbocycles. The molecule has 4 aromatic rings. The van der Waals surface area contributed by atoms with E-state index in [0.29, 0.717) is 22.7 Å². The van der Waals surface area contributed by atoms with Crippen molar-refractivity contribution in [3.8, 4) is 22.8 Å². The van der Waals surface area contributed by atoms with E-state index in [1.54, 1.807) is 19.1 Å². The van der Waals surface area contributed by atoms with Crippen LogP contribution in [0.5, 0.6) is 11.5 Å². The number of carbonyl (C=O) groups excluding carboxylic acids is 2. The number of aliphatic hydroxyl groups is 1. The maximum Gasteiger partial charge on any atom is 0.424 e. The molecule has 1 aliphatic heterocycles. The van der Waals surface area contributed by atoms with Crippen LogP contribution >= 0.6 is 0 Å². The van der Waals surface area contributed by atoms with E-state index in [0.717, 1.165) is 37.1 Å². The van der Waals surface area contributed by atoms with Gasteiger partial charge in [-0.05, 0) is 68.3 Å². The van der Waals surface area contributed by atoms with Crippen LogP contribution in [0, 0.1) is 12.7 Å². The summed E-state index contributed by atoms with van der Waals surface area (Å²) in [6.07, 6.45) is -7.62. The number of hydrogen-bond donors (Lipinski definition) is 3. The number of aromatic nitrogens is 2. The normalized spacial score (nSPS) is 18.8. The molecule has 9 nitrogen and oxygen atoms in total. The van der Waals surface area contributed by atoms with Crippen molar-refractivity contribution in [3.63, 3.8) is 0 Å². The van der Waals surface area contributed by atoms with E-state index in [-0.39, 0.29) is 23.0 Å². The molecule has 4 N–H and O–H groups in total. The summed E-state index contributed by atoms with van der Waals surface area (Å²) in [5, 5.41) is 13.8. The molecule has 1 aliphatic carbocycles. The van der Waals surface area contributed by atoms with Crippen LogP contribution in [0.1, 0.15) is 40.2 Å². The predicted octanol–water partition coefficient (Wildman–Crippen LogP) is 4.85. The number of ether oxygens (including phenoxy) is 2. The van der Waals surface area contributed by atoms with Gasteiger partial charge in [0.15, 0.2) is 5.41 Å². The lowest BCUT2D eigenvalue weighted by atomic mass is 9.80. The van der Waals surface area contributed by atoms with Gasteiger partial charge in [-0.15, -0.1) is 0 Å². The van der Waals surface area contributed by atoms with Crippen LogP contribution in [-0.2, 0) is 15.8 Å². The Morgan fingerprint density at radius 2 is 1.81 bits per heavy atom. The number of benzene rings is 2. The van der Waals surface area contributed by atoms with Crippen molar-refractivity contribution in [2.45, 2.75) is 49.5 Å². The van der Waals surface area contributed by atoms with Gasteiger partial charge in [-0.25, -0.2) is 23.1 Å². The molecule has 3 heterocycles. The van der Waals surface area contributed by atoms with Gasteiger partial charge in [0.25, 0.3) is 12.3 Å². The number of nitrogens with two attached hydrogens (primary N) is 1. The average Bonchev–Trinajstić information content (AvgIpc) is 3.74. The lowest BCUT2D eigenvalue weighted by molar-refractivity contribution is -0.265. The van der Waals surface area contributed by atoms with Gasteiger partial charge >= 0.3 is 6.18 Å². The summed E-state index contributed by atoms with van der Waals surface area (Å²) in [6, 6.07) is 10.6. The standard InChI is InChI=1S/C32H26F6N4O5/c1-15-2-3-17-10-18(11-22(24(17)41-15)47-20-8-9-20)27(43)40-13-31(45,32(36,37)38)23-12-21-26(46-14-30(21,28(34)35)29(39)44)25(42-23)16-4-6-19(33)7-5-16/h2-7,10-12,20,28,45H,8-9,13-14H2,1H3,(H2,39,44)(H,40,43)/t30-,31?/m0/s1. The van der Waals surface area contributed by atoms with E-state index in [4.69, 9.17) is 15.2 Å². The molecule has 0 bridgehead atoms. The highest BCUT2D eigenvalue weighted by atomic mass is 19.4. The molecule has 2 atom stereocenters. The minimum atomic E-state index is -5.55. The first-order valence-electron chi connectivity index (χ1n) is 14.3. The smallest absolute Gasteiger partial charge is 0.424 e. The first kappa shape index (κ1) is 32.0. The summed E-state index contributed by atoms with van der Waals surface area (Å²) in [5.74, 6) is -3.58. The Kier molecular flexibility index (Phi) is 7.77. The second kappa shape index (κ2) is 11.4. The van der Waals surface area contributed by atoms with E-state index >= 15 is 0 Å². The minimum absolute atomic E-state index is 0.0733. The Labute approximate surface area is 262 Å². The first-order chi connectivity index (χ1) is 22.1. The first-order valence-corrected chi connectivity index (χ1v) is 14.3. The number of aryl methyl sites for hydroxylation is 1. The minimum Gasteiger partial charge on any atom is -0.489 e. The molecule has 1 unspecified atom stereocenters. The van der Waals surface area contributed by atoms with Crippen molar-refractivity contribution in [2.75, 3.05) is 13.2 Å². The monoisotopic (exact) mass is 660 g/mol. The Morgan fingerprint density at radius 1 is 1.11 bits per heavy atom. The summed E-state index contributed by atoms with van der Waals surface area (Å²) < 4.78 is 98.2. The van der Waals surface area contributed by atoms with Crippen LogP contribution in [0.2, 0.25) is 0 Å². The molecule has 1 fully saturated rings. The molecule has 2 aliphatic rings. The van der Waals surface area contributed by atoms with Crippen molar-refractivity contribution < 1.29 is 50.5 Å². The molecule has 1 saturated carbocycles. The number of rotatable bonds is 9. The third-order valence-electron chi connectivity index (χ3n) is 8.20. The Balaban J connectivity index is 1.43. The molecule has 0 saturated heterocycles. The second-order valence-corrected chi connectivity index (χ2v) is 11.5. The third kappa shape index (κ3) is 5.58. The number of pyridine rings is 2. The summed E-state index contributed by atoms with van der Waals surface area (Å²) >= 11 is 0. The van der Waals surface area contributed by atoms with Crippen LogP contribution in [0.25, 0.3) is 22.2 Å². The highest BCUT2D eigenvalue weighted by molar-refractivity contribution is 6.00. The third-order valence-corrected chi connectivity index (χ3v) is 8.20. The Bertz CT molecular complexity index is 1900. The van der Waals surface area contributed by atoms with E-state index in [1.807, 2.05) is 0 Å². The zero-order chi connectivity index (χ0) is 33.9. The van der Waals surface area contributed by atoms with Gasteiger partial charge in [0.05, 0.1) is 18.3 Å². The number of hydrogen-bond acceptors (Lipinski definition) is 7. The lowest BCUT2D eigenvalue weighted by Gasteiger charge is -2.32. The fourth-order valence-electron chi connectivity index (χ4n) is 5.31. The number of primary amides is 1. The number of fused-ring (bicyclic) bond motifs is 2. The van der Waals surface area contributed by atoms with Crippen molar-refractivity contribution in [3.05, 3.63) is 82.9 Å². The Morgan fingerprint density at radius 3 is 2.43 bits per heavy atom. The highest BCUT2D eigenvalue weighted by Crippen LogP contribution is 2.50. The van der Waals surface area contributed by atoms with Gasteiger partial charge in [-0.2, -0.15) is 13.2 Å². The van der Waals surface area contributed by atoms with E-state index < -0.39 is 77.1 Å². The summed E-state index contributed by atoms with van der Waals surface area (Å²) in [5.41, 5.74) is -3.08. The van der Waals surface area contributed by atoms with Crippen LogP contribution in [-0.4, -0.2) is 58.7 Å². The van der Waals surface area contributed by atoms with Gasteiger partial charge < -0.3 is 25.6 Å². The van der Waals surface area contributed by atoms with Crippen molar-refractivity contribution in [1.82, 2.24) is 15.3 Å². The topological polar surface area (TPSA) is 137 Å².